The Morgan fingerprint density at radius 2 is 1.79 bits per heavy atom. The number of nitrogens with zero attached hydrogens (tertiary/aromatic N) is 1. The minimum atomic E-state index is -0.120. The van der Waals surface area contributed by atoms with Gasteiger partial charge in [0.15, 0.2) is 11.5 Å². The van der Waals surface area contributed by atoms with Gasteiger partial charge in [-0.25, -0.2) is 0 Å². The zero-order valence-corrected chi connectivity index (χ0v) is 16.8. The molecule has 0 atom stereocenters. The van der Waals surface area contributed by atoms with E-state index < -0.39 is 0 Å². The van der Waals surface area contributed by atoms with E-state index in [1.165, 1.54) is 18.4 Å². The summed E-state index contributed by atoms with van der Waals surface area (Å²) in [6, 6.07) is 5.15. The number of ether oxygens (including phenoxy) is 2. The summed E-state index contributed by atoms with van der Waals surface area (Å²) in [6.45, 7) is 2.15. The molecular formula is C22H30N2O4. The smallest absolute Gasteiger partial charge is 0.251 e. The van der Waals surface area contributed by atoms with Gasteiger partial charge in [-0.15, -0.1) is 0 Å². The van der Waals surface area contributed by atoms with E-state index in [0.717, 1.165) is 38.8 Å². The van der Waals surface area contributed by atoms with Crippen molar-refractivity contribution in [1.29, 1.82) is 0 Å². The molecule has 1 N–H and O–H groups in total. The molecule has 28 heavy (non-hydrogen) atoms. The minimum Gasteiger partial charge on any atom is -0.493 e. The maximum atomic E-state index is 12.4. The topological polar surface area (TPSA) is 67.9 Å². The van der Waals surface area contributed by atoms with Gasteiger partial charge in [0.2, 0.25) is 5.91 Å². The summed E-state index contributed by atoms with van der Waals surface area (Å²) in [7, 11) is 3.12. The molecule has 0 unspecified atom stereocenters. The van der Waals surface area contributed by atoms with Crippen LogP contribution in [0.15, 0.2) is 29.8 Å². The first-order valence-corrected chi connectivity index (χ1v) is 10.1. The molecule has 0 radical (unpaired) electrons. The molecule has 0 aromatic heterocycles. The monoisotopic (exact) mass is 386 g/mol. The summed E-state index contributed by atoms with van der Waals surface area (Å²) < 4.78 is 10.5. The largest absolute Gasteiger partial charge is 0.493 e. The third kappa shape index (κ3) is 5.06. The molecular weight excluding hydrogens is 356 g/mol. The Hall–Kier alpha value is -2.50. The van der Waals surface area contributed by atoms with Gasteiger partial charge in [-0.2, -0.15) is 0 Å². The number of amides is 2. The molecule has 1 aromatic carbocycles. The molecule has 1 aliphatic heterocycles. The van der Waals surface area contributed by atoms with E-state index >= 15 is 0 Å². The number of carbonyl (C=O) groups excluding carboxylic acids is 2. The van der Waals surface area contributed by atoms with Crippen molar-refractivity contribution in [2.24, 2.45) is 5.92 Å². The lowest BCUT2D eigenvalue weighted by Crippen LogP contribution is -2.41. The van der Waals surface area contributed by atoms with E-state index in [0.29, 0.717) is 29.5 Å². The molecule has 1 saturated heterocycles. The van der Waals surface area contributed by atoms with Crippen LogP contribution in [0.3, 0.4) is 0 Å². The van der Waals surface area contributed by atoms with Gasteiger partial charge in [0, 0.05) is 31.3 Å². The Kier molecular flexibility index (Phi) is 6.95. The Morgan fingerprint density at radius 3 is 2.43 bits per heavy atom. The van der Waals surface area contributed by atoms with Crippen LogP contribution in [0, 0.1) is 5.92 Å². The number of nitrogens with one attached hydrogen (secondary N) is 1. The van der Waals surface area contributed by atoms with E-state index in [2.05, 4.69) is 5.32 Å². The van der Waals surface area contributed by atoms with Crippen LogP contribution in [0.4, 0.5) is 0 Å². The van der Waals surface area contributed by atoms with Gasteiger partial charge in [-0.05, 0) is 62.6 Å². The van der Waals surface area contributed by atoms with E-state index in [4.69, 9.17) is 9.47 Å². The van der Waals surface area contributed by atoms with Crippen molar-refractivity contribution in [3.63, 3.8) is 0 Å². The third-order valence-corrected chi connectivity index (χ3v) is 5.70. The number of benzene rings is 1. The molecule has 6 heteroatoms. The van der Waals surface area contributed by atoms with Crippen molar-refractivity contribution in [3.8, 4) is 11.5 Å². The van der Waals surface area contributed by atoms with Gasteiger partial charge in [0.05, 0.1) is 14.2 Å². The zero-order chi connectivity index (χ0) is 19.9. The number of piperidine rings is 1. The highest BCUT2D eigenvalue weighted by Crippen LogP contribution is 2.28. The highest BCUT2D eigenvalue weighted by atomic mass is 16.5. The summed E-state index contributed by atoms with van der Waals surface area (Å²) >= 11 is 0. The van der Waals surface area contributed by atoms with Crippen LogP contribution < -0.4 is 14.8 Å². The van der Waals surface area contributed by atoms with E-state index in [1.807, 2.05) is 11.0 Å². The van der Waals surface area contributed by atoms with Crippen LogP contribution in [0.2, 0.25) is 0 Å². The Bertz CT molecular complexity index is 728. The average Bonchev–Trinajstić information content (AvgIpc) is 3.24. The van der Waals surface area contributed by atoms with Crippen LogP contribution in [-0.2, 0) is 4.79 Å². The van der Waals surface area contributed by atoms with Crippen molar-refractivity contribution >= 4 is 11.8 Å². The fraction of sp³-hybridized carbons (Fsp3) is 0.545. The Labute approximate surface area is 166 Å². The van der Waals surface area contributed by atoms with E-state index in [1.54, 1.807) is 32.4 Å². The second-order valence-corrected chi connectivity index (χ2v) is 7.56. The maximum Gasteiger partial charge on any atom is 0.251 e. The predicted molar refractivity (Wildman–Crippen MR) is 108 cm³/mol. The first-order valence-electron chi connectivity index (χ1n) is 10.1. The van der Waals surface area contributed by atoms with E-state index in [9.17, 15) is 9.59 Å². The van der Waals surface area contributed by atoms with Gasteiger partial charge >= 0.3 is 0 Å². The number of carbonyl (C=O) groups is 2. The lowest BCUT2D eigenvalue weighted by molar-refractivity contribution is -0.127. The molecule has 3 rings (SSSR count). The molecule has 2 fully saturated rings. The van der Waals surface area contributed by atoms with Crippen molar-refractivity contribution < 1.29 is 19.1 Å². The first-order chi connectivity index (χ1) is 13.6. The summed E-state index contributed by atoms with van der Waals surface area (Å²) in [5.74, 6) is 1.57. The van der Waals surface area contributed by atoms with Crippen molar-refractivity contribution in [2.45, 2.75) is 38.5 Å². The highest BCUT2D eigenvalue weighted by Gasteiger charge is 2.23. The highest BCUT2D eigenvalue weighted by molar-refractivity contribution is 5.94. The second kappa shape index (κ2) is 9.62. The molecule has 1 aliphatic carbocycles. The number of methoxy groups -OCH3 is 2. The van der Waals surface area contributed by atoms with Crippen LogP contribution in [-0.4, -0.2) is 50.6 Å². The lowest BCUT2D eigenvalue weighted by Gasteiger charge is -2.31. The predicted octanol–water partition coefficient (Wildman–Crippen LogP) is 3.17. The normalized spacial score (nSPS) is 17.4. The standard InChI is InChI=1S/C22H30N2O4/c1-27-19-8-7-18(14-20(19)28-2)22(26)23-15-17-9-11-24(12-10-17)21(25)13-16-5-3-4-6-16/h7-8,13-14,17H,3-6,9-12,15H2,1-2H3,(H,23,26). The van der Waals surface area contributed by atoms with E-state index in [-0.39, 0.29) is 11.8 Å². The van der Waals surface area contributed by atoms with Crippen LogP contribution in [0.1, 0.15) is 48.9 Å². The summed E-state index contributed by atoms with van der Waals surface area (Å²) in [5.41, 5.74) is 1.85. The number of hydrogen-bond donors (Lipinski definition) is 1. The first kappa shape index (κ1) is 20.2. The molecule has 0 spiro atoms. The number of rotatable bonds is 6. The van der Waals surface area contributed by atoms with Gasteiger partial charge in [-0.3, -0.25) is 9.59 Å². The molecule has 0 bridgehead atoms. The Balaban J connectivity index is 1.45. The minimum absolute atomic E-state index is 0.120. The third-order valence-electron chi connectivity index (χ3n) is 5.70. The molecule has 1 aromatic rings. The van der Waals surface area contributed by atoms with Crippen LogP contribution >= 0.6 is 0 Å². The van der Waals surface area contributed by atoms with Gasteiger partial charge in [-0.1, -0.05) is 5.57 Å². The lowest BCUT2D eigenvalue weighted by atomic mass is 9.96. The molecule has 6 nitrogen and oxygen atoms in total. The SMILES string of the molecule is COc1ccc(C(=O)NCC2CCN(C(=O)C=C3CCCC3)CC2)cc1OC. The quantitative estimate of drug-likeness (QED) is 0.763. The number of allylic oxidation sites excluding steroid dienone is 1. The molecule has 1 heterocycles. The summed E-state index contributed by atoms with van der Waals surface area (Å²) in [4.78, 5) is 26.8. The fourth-order valence-electron chi connectivity index (χ4n) is 3.91. The molecule has 2 amide bonds. The van der Waals surface area contributed by atoms with Crippen LogP contribution in [0.25, 0.3) is 0 Å². The Morgan fingerprint density at radius 1 is 1.11 bits per heavy atom. The number of likely N-dealkylation sites (tertiary alicyclic amines) is 1. The molecule has 2 aliphatic rings. The summed E-state index contributed by atoms with van der Waals surface area (Å²) in [5, 5.41) is 3.01. The van der Waals surface area contributed by atoms with Gasteiger partial charge < -0.3 is 19.7 Å². The van der Waals surface area contributed by atoms with Crippen molar-refractivity contribution in [3.05, 3.63) is 35.4 Å². The van der Waals surface area contributed by atoms with Gasteiger partial charge in [0.1, 0.15) is 0 Å². The molecule has 1 saturated carbocycles. The van der Waals surface area contributed by atoms with Crippen LogP contribution in [0.5, 0.6) is 11.5 Å². The van der Waals surface area contributed by atoms with Crippen molar-refractivity contribution in [2.75, 3.05) is 33.9 Å². The number of hydrogen-bond acceptors (Lipinski definition) is 4. The maximum absolute atomic E-state index is 12.4. The average molecular weight is 386 g/mol. The second-order valence-electron chi connectivity index (χ2n) is 7.56. The fourth-order valence-corrected chi connectivity index (χ4v) is 3.91. The van der Waals surface area contributed by atoms with Crippen molar-refractivity contribution in [1.82, 2.24) is 10.2 Å². The zero-order valence-electron chi connectivity index (χ0n) is 16.8. The van der Waals surface area contributed by atoms with Gasteiger partial charge in [0.25, 0.3) is 5.91 Å². The summed E-state index contributed by atoms with van der Waals surface area (Å²) in [6.07, 6.45) is 8.26. The molecule has 152 valence electrons.